The summed E-state index contributed by atoms with van der Waals surface area (Å²) in [5, 5.41) is 8.88. The van der Waals surface area contributed by atoms with Crippen molar-refractivity contribution >= 4 is 87.5 Å². The maximum atomic E-state index is 6.89. The second-order valence-corrected chi connectivity index (χ2v) is 26.5. The van der Waals surface area contributed by atoms with Gasteiger partial charge in [0.25, 0.3) is 0 Å². The standard InChI is InChI=1S/C51H32N4O.C45H28N4O/c1-5-15-33(16-6-1)37-29-38(34-17-7-2-8-18-34)31-39(30-37)51-53-49(35-19-9-3-10-20-35)52-50(54-51)36-25-26-42-44-28-27-43-41-23-13-14-24-45(41)55(40-21-11-4-12-22-40)47(43)48(44)56-46(42)32-36;1-4-13-29(14-5-1)32-19-12-20-34(27-32)49-39-22-11-10-21-35(39)37-25-26-38-36-24-23-33(28-40(36)50-42(38)41(37)49)45-47-43(30-15-6-2-7-16-30)46-44(48-45)31-17-8-3-9-18-31/h1-32H;1-28H. The fourth-order valence-electron chi connectivity index (χ4n) is 15.1. The van der Waals surface area contributed by atoms with Gasteiger partial charge in [0.2, 0.25) is 0 Å². The third kappa shape index (κ3) is 10.9. The number of furan rings is 2. The summed E-state index contributed by atoms with van der Waals surface area (Å²) in [6.45, 7) is 0. The van der Waals surface area contributed by atoms with E-state index in [4.69, 9.17) is 38.7 Å². The lowest BCUT2D eigenvalue weighted by Crippen LogP contribution is -2.00. The maximum absolute atomic E-state index is 6.89. The zero-order valence-corrected chi connectivity index (χ0v) is 57.0. The van der Waals surface area contributed by atoms with E-state index in [1.165, 1.54) is 16.3 Å². The summed E-state index contributed by atoms with van der Waals surface area (Å²) < 4.78 is 18.4. The highest BCUT2D eigenvalue weighted by molar-refractivity contribution is 6.23. The first-order chi connectivity index (χ1) is 52.5. The van der Waals surface area contributed by atoms with Gasteiger partial charge in [0.15, 0.2) is 46.1 Å². The first-order valence-corrected chi connectivity index (χ1v) is 35.5. The average Bonchev–Trinajstić information content (AvgIpc) is 1.57. The molecule has 0 N–H and O–H groups in total. The molecule has 0 amide bonds. The molecule has 0 aliphatic rings. The van der Waals surface area contributed by atoms with Gasteiger partial charge < -0.3 is 18.0 Å². The molecule has 0 unspecified atom stereocenters. The van der Waals surface area contributed by atoms with Gasteiger partial charge in [-0.25, -0.2) is 29.9 Å². The topological polar surface area (TPSA) is 113 Å². The molecule has 106 heavy (non-hydrogen) atoms. The van der Waals surface area contributed by atoms with Crippen LogP contribution in [0.25, 0.3) is 201 Å². The van der Waals surface area contributed by atoms with Gasteiger partial charge in [-0.2, -0.15) is 0 Å². The number of para-hydroxylation sites is 3. The Morgan fingerprint density at radius 3 is 0.906 bits per heavy atom. The van der Waals surface area contributed by atoms with Crippen LogP contribution in [0, 0.1) is 0 Å². The van der Waals surface area contributed by atoms with E-state index in [2.05, 4.69) is 264 Å². The molecule has 21 aromatic rings. The van der Waals surface area contributed by atoms with Crippen LogP contribution in [0.3, 0.4) is 0 Å². The molecule has 0 atom stereocenters. The van der Waals surface area contributed by atoms with E-state index in [0.29, 0.717) is 34.9 Å². The molecule has 0 radical (unpaired) electrons. The number of hydrogen-bond donors (Lipinski definition) is 0. The molecule has 15 aromatic carbocycles. The van der Waals surface area contributed by atoms with E-state index in [9.17, 15) is 0 Å². The molecule has 0 aliphatic heterocycles. The molecule has 10 heteroatoms. The lowest BCUT2D eigenvalue weighted by molar-refractivity contribution is 0.671. The summed E-state index contributed by atoms with van der Waals surface area (Å²) in [6, 6.07) is 126. The third-order valence-corrected chi connectivity index (χ3v) is 20.1. The van der Waals surface area contributed by atoms with E-state index in [1.54, 1.807) is 0 Å². The van der Waals surface area contributed by atoms with Crippen molar-refractivity contribution in [3.63, 3.8) is 0 Å². The van der Waals surface area contributed by atoms with Crippen LogP contribution in [-0.2, 0) is 0 Å². The third-order valence-electron chi connectivity index (χ3n) is 20.1. The second kappa shape index (κ2) is 25.8. The van der Waals surface area contributed by atoms with Crippen molar-refractivity contribution in [1.82, 2.24) is 39.0 Å². The van der Waals surface area contributed by atoms with Gasteiger partial charge in [0.1, 0.15) is 11.2 Å². The Bertz CT molecular complexity index is 6800. The van der Waals surface area contributed by atoms with Crippen molar-refractivity contribution in [2.75, 3.05) is 0 Å². The predicted octanol–water partition coefficient (Wildman–Crippen LogP) is 24.7. The van der Waals surface area contributed by atoms with Crippen LogP contribution in [-0.4, -0.2) is 39.0 Å². The number of hydrogen-bond acceptors (Lipinski definition) is 8. The zero-order chi connectivity index (χ0) is 70.0. The fourth-order valence-corrected chi connectivity index (χ4v) is 15.1. The minimum absolute atomic E-state index is 0.575. The highest BCUT2D eigenvalue weighted by atomic mass is 16.3. The minimum atomic E-state index is 0.575. The fraction of sp³-hybridized carbons (Fsp3) is 0. The van der Waals surface area contributed by atoms with Gasteiger partial charge >= 0.3 is 0 Å². The summed E-state index contributed by atoms with van der Waals surface area (Å²) >= 11 is 0. The molecule has 496 valence electrons. The van der Waals surface area contributed by atoms with Gasteiger partial charge in [0, 0.05) is 87.8 Å². The smallest absolute Gasteiger partial charge is 0.164 e. The Kier molecular flexibility index (Phi) is 15.0. The lowest BCUT2D eigenvalue weighted by Gasteiger charge is -2.12. The van der Waals surface area contributed by atoms with E-state index in [-0.39, 0.29) is 0 Å². The number of aromatic nitrogens is 8. The summed E-state index contributed by atoms with van der Waals surface area (Å²) in [5.74, 6) is 3.63. The quantitative estimate of drug-likeness (QED) is 0.126. The highest BCUT2D eigenvalue weighted by Gasteiger charge is 2.24. The Labute approximate surface area is 608 Å². The molecule has 0 saturated carbocycles. The van der Waals surface area contributed by atoms with Crippen LogP contribution in [0.15, 0.2) is 373 Å². The van der Waals surface area contributed by atoms with E-state index >= 15 is 0 Å². The highest BCUT2D eigenvalue weighted by Crippen LogP contribution is 2.45. The van der Waals surface area contributed by atoms with Crippen molar-refractivity contribution in [2.24, 2.45) is 0 Å². The van der Waals surface area contributed by atoms with Gasteiger partial charge in [-0.3, -0.25) is 0 Å². The molecule has 0 spiro atoms. The molecule has 0 fully saturated rings. The van der Waals surface area contributed by atoms with Gasteiger partial charge in [0.05, 0.1) is 22.1 Å². The summed E-state index contributed by atoms with van der Waals surface area (Å²) in [4.78, 5) is 30.2. The van der Waals surface area contributed by atoms with Crippen LogP contribution in [0.4, 0.5) is 0 Å². The molecule has 0 saturated heterocycles. The normalized spacial score (nSPS) is 11.6. The Hall–Kier alpha value is -14.5. The van der Waals surface area contributed by atoms with E-state index < -0.39 is 0 Å². The first-order valence-electron chi connectivity index (χ1n) is 35.5. The second-order valence-electron chi connectivity index (χ2n) is 26.5. The van der Waals surface area contributed by atoms with Crippen LogP contribution in [0.2, 0.25) is 0 Å². The van der Waals surface area contributed by atoms with Crippen LogP contribution in [0.1, 0.15) is 0 Å². The molecule has 21 rings (SSSR count). The van der Waals surface area contributed by atoms with E-state index in [0.717, 1.165) is 149 Å². The van der Waals surface area contributed by atoms with Gasteiger partial charge in [-0.15, -0.1) is 0 Å². The maximum Gasteiger partial charge on any atom is 0.164 e. The molecular weight excluding hydrogens is 1300 g/mol. The van der Waals surface area contributed by atoms with Gasteiger partial charge in [-0.1, -0.05) is 273 Å². The molecule has 0 bridgehead atoms. The number of fused-ring (bicyclic) bond motifs is 14. The van der Waals surface area contributed by atoms with Crippen LogP contribution >= 0.6 is 0 Å². The number of benzene rings is 15. The molecular formula is C96H60N8O2. The van der Waals surface area contributed by atoms with Crippen molar-refractivity contribution in [1.29, 1.82) is 0 Å². The largest absolute Gasteiger partial charge is 0.454 e. The SMILES string of the molecule is c1ccc(-c2cc(-c3ccccc3)cc(-c3nc(-c4ccccc4)nc(-c4ccc5c(c4)oc4c5ccc5c6ccccc6n(-c6ccccc6)c54)n3)c2)cc1.c1ccc(-c2cccc(-n3c4ccccc4c4ccc5c6ccc(-c7nc(-c8ccccc8)nc(-c8ccccc8)n7)cc6oc5c43)c2)cc1. The number of nitrogens with zero attached hydrogens (tertiary/aromatic N) is 8. The summed E-state index contributed by atoms with van der Waals surface area (Å²) in [5.41, 5.74) is 22.0. The molecule has 6 heterocycles. The van der Waals surface area contributed by atoms with Crippen molar-refractivity contribution < 1.29 is 8.83 Å². The Morgan fingerprint density at radius 1 is 0.179 bits per heavy atom. The Balaban J connectivity index is 0.000000141. The van der Waals surface area contributed by atoms with E-state index in [1.807, 2.05) is 109 Å². The van der Waals surface area contributed by atoms with Crippen molar-refractivity contribution in [2.45, 2.75) is 0 Å². The zero-order valence-electron chi connectivity index (χ0n) is 57.0. The lowest BCUT2D eigenvalue weighted by atomic mass is 9.96. The monoisotopic (exact) mass is 1360 g/mol. The summed E-state index contributed by atoms with van der Waals surface area (Å²) in [7, 11) is 0. The summed E-state index contributed by atoms with van der Waals surface area (Å²) in [6.07, 6.45) is 0. The number of rotatable bonds is 11. The van der Waals surface area contributed by atoms with Crippen LogP contribution in [0.5, 0.6) is 0 Å². The van der Waals surface area contributed by atoms with Crippen LogP contribution < -0.4 is 0 Å². The Morgan fingerprint density at radius 2 is 0.481 bits per heavy atom. The first kappa shape index (κ1) is 61.4. The van der Waals surface area contributed by atoms with Crippen molar-refractivity contribution in [3.8, 4) is 113 Å². The predicted molar refractivity (Wildman–Crippen MR) is 432 cm³/mol. The molecule has 10 nitrogen and oxygen atoms in total. The van der Waals surface area contributed by atoms with Crippen molar-refractivity contribution in [3.05, 3.63) is 364 Å². The minimum Gasteiger partial charge on any atom is -0.454 e. The van der Waals surface area contributed by atoms with Gasteiger partial charge in [-0.05, 0) is 124 Å². The molecule has 6 aromatic heterocycles. The average molecular weight is 1360 g/mol. The molecule has 0 aliphatic carbocycles.